The van der Waals surface area contributed by atoms with Gasteiger partial charge in [-0.2, -0.15) is 5.10 Å². The van der Waals surface area contributed by atoms with Crippen molar-refractivity contribution in [2.24, 2.45) is 5.10 Å². The zero-order valence-electron chi connectivity index (χ0n) is 16.3. The summed E-state index contributed by atoms with van der Waals surface area (Å²) in [7, 11) is 0. The third-order valence-electron chi connectivity index (χ3n) is 5.12. The number of hydrazone groups is 1. The Morgan fingerprint density at radius 1 is 1.03 bits per heavy atom. The number of carbonyl (C=O) groups is 1. The summed E-state index contributed by atoms with van der Waals surface area (Å²) in [5.74, 6) is 0.257. The largest absolute Gasteiger partial charge is 0.331 e. The fourth-order valence-corrected chi connectivity index (χ4v) is 4.41. The number of aromatic nitrogens is 1. The van der Waals surface area contributed by atoms with Crippen molar-refractivity contribution in [2.75, 3.05) is 18.8 Å². The first-order valence-corrected chi connectivity index (χ1v) is 10.9. The standard InChI is InChI=1S/C23H24N4OS/c28-22(17-29-21-10-4-8-19-9-5-13-24-23(19)21)26-25-20-11-14-27(15-12-20)16-18-6-2-1-3-7-18/h1-10,13H,11-12,14-17H2,(H,26,28)/p+1. The first kappa shape index (κ1) is 19.6. The van der Waals surface area contributed by atoms with E-state index in [9.17, 15) is 4.79 Å². The average molecular weight is 406 g/mol. The molecule has 2 aromatic carbocycles. The van der Waals surface area contributed by atoms with Gasteiger partial charge in [0.25, 0.3) is 0 Å². The normalized spacial score (nSPS) is 16.6. The van der Waals surface area contributed by atoms with E-state index in [2.05, 4.69) is 45.8 Å². The molecule has 1 saturated heterocycles. The van der Waals surface area contributed by atoms with Crippen LogP contribution in [0, 0.1) is 0 Å². The van der Waals surface area contributed by atoms with Gasteiger partial charge in [0.15, 0.2) is 0 Å². The monoisotopic (exact) mass is 405 g/mol. The van der Waals surface area contributed by atoms with Crippen molar-refractivity contribution >= 4 is 34.3 Å². The molecular formula is C23H25N4OS+. The Morgan fingerprint density at radius 2 is 1.83 bits per heavy atom. The molecule has 0 saturated carbocycles. The fourth-order valence-electron chi connectivity index (χ4n) is 3.57. The lowest BCUT2D eigenvalue weighted by Crippen LogP contribution is -3.11. The first-order chi connectivity index (χ1) is 14.3. The predicted octanol–water partition coefficient (Wildman–Crippen LogP) is 2.68. The molecule has 0 spiro atoms. The molecule has 0 aliphatic carbocycles. The highest BCUT2D eigenvalue weighted by molar-refractivity contribution is 8.00. The van der Waals surface area contributed by atoms with Crippen molar-refractivity contribution in [3.8, 4) is 0 Å². The maximum atomic E-state index is 12.2. The van der Waals surface area contributed by atoms with Crippen LogP contribution in [0.2, 0.25) is 0 Å². The Balaban J connectivity index is 1.24. The van der Waals surface area contributed by atoms with Gasteiger partial charge >= 0.3 is 0 Å². The number of quaternary nitrogens is 1. The van der Waals surface area contributed by atoms with Crippen LogP contribution in [-0.2, 0) is 11.3 Å². The SMILES string of the molecule is O=C(CSc1cccc2cccnc12)NN=C1CC[NH+](Cc2ccccc2)CC1. The van der Waals surface area contributed by atoms with Crippen LogP contribution in [0.5, 0.6) is 0 Å². The third kappa shape index (κ3) is 5.43. The molecule has 2 heterocycles. The topological polar surface area (TPSA) is 58.8 Å². The number of thioether (sulfide) groups is 1. The molecule has 2 N–H and O–H groups in total. The second-order valence-electron chi connectivity index (χ2n) is 7.25. The molecule has 1 aromatic heterocycles. The summed E-state index contributed by atoms with van der Waals surface area (Å²) in [5.41, 5.74) is 6.13. The highest BCUT2D eigenvalue weighted by Gasteiger charge is 2.18. The molecule has 1 amide bonds. The minimum Gasteiger partial charge on any atom is -0.331 e. The van der Waals surface area contributed by atoms with E-state index >= 15 is 0 Å². The number of amides is 1. The van der Waals surface area contributed by atoms with Crippen LogP contribution in [0.25, 0.3) is 10.9 Å². The van der Waals surface area contributed by atoms with E-state index in [1.165, 1.54) is 17.3 Å². The Morgan fingerprint density at radius 3 is 2.66 bits per heavy atom. The van der Waals surface area contributed by atoms with Crippen LogP contribution < -0.4 is 10.3 Å². The lowest BCUT2D eigenvalue weighted by Gasteiger charge is -2.24. The van der Waals surface area contributed by atoms with Gasteiger partial charge in [-0.25, -0.2) is 5.43 Å². The third-order valence-corrected chi connectivity index (χ3v) is 6.17. The van der Waals surface area contributed by atoms with Gasteiger partial charge in [-0.15, -0.1) is 11.8 Å². The van der Waals surface area contributed by atoms with Gasteiger partial charge in [0, 0.05) is 40.6 Å². The summed E-state index contributed by atoms with van der Waals surface area (Å²) in [5, 5.41) is 5.46. The van der Waals surface area contributed by atoms with Crippen molar-refractivity contribution < 1.29 is 9.69 Å². The summed E-state index contributed by atoms with van der Waals surface area (Å²) >= 11 is 1.50. The van der Waals surface area contributed by atoms with Gasteiger partial charge in [0.05, 0.1) is 24.4 Å². The number of benzene rings is 2. The number of nitrogens with one attached hydrogen (secondary N) is 2. The lowest BCUT2D eigenvalue weighted by atomic mass is 10.1. The molecule has 3 aromatic rings. The van der Waals surface area contributed by atoms with Gasteiger partial charge in [-0.3, -0.25) is 9.78 Å². The molecule has 0 radical (unpaired) electrons. The van der Waals surface area contributed by atoms with Crippen LogP contribution in [0.3, 0.4) is 0 Å². The average Bonchev–Trinajstić information content (AvgIpc) is 2.78. The summed E-state index contributed by atoms with van der Waals surface area (Å²) in [6.45, 7) is 3.16. The van der Waals surface area contributed by atoms with Crippen LogP contribution in [-0.4, -0.2) is 35.4 Å². The minimum absolute atomic E-state index is 0.0745. The molecular weight excluding hydrogens is 380 g/mol. The fraction of sp³-hybridized carbons (Fsp3) is 0.261. The van der Waals surface area contributed by atoms with Gasteiger partial charge in [0.1, 0.15) is 6.54 Å². The molecule has 4 rings (SSSR count). The van der Waals surface area contributed by atoms with Crippen LogP contribution in [0.15, 0.2) is 76.9 Å². The molecule has 0 bridgehead atoms. The number of hydrogen-bond donors (Lipinski definition) is 2. The van der Waals surface area contributed by atoms with Crippen molar-refractivity contribution in [3.05, 3.63) is 72.4 Å². The number of para-hydroxylation sites is 1. The number of hydrogen-bond acceptors (Lipinski definition) is 4. The molecule has 5 nitrogen and oxygen atoms in total. The number of likely N-dealkylation sites (tertiary alicyclic amines) is 1. The van der Waals surface area contributed by atoms with E-state index in [1.54, 1.807) is 11.1 Å². The van der Waals surface area contributed by atoms with Crippen LogP contribution >= 0.6 is 11.8 Å². The van der Waals surface area contributed by atoms with Crippen molar-refractivity contribution in [1.29, 1.82) is 0 Å². The van der Waals surface area contributed by atoms with Crippen molar-refractivity contribution in [3.63, 3.8) is 0 Å². The quantitative estimate of drug-likeness (QED) is 0.490. The molecule has 1 aliphatic heterocycles. The van der Waals surface area contributed by atoms with Gasteiger partial charge in [-0.1, -0.05) is 48.5 Å². The Labute approximate surface area is 175 Å². The summed E-state index contributed by atoms with van der Waals surface area (Å²) in [6, 6.07) is 20.6. The smallest absolute Gasteiger partial charge is 0.250 e. The number of fused-ring (bicyclic) bond motifs is 1. The molecule has 148 valence electrons. The highest BCUT2D eigenvalue weighted by atomic mass is 32.2. The van der Waals surface area contributed by atoms with Crippen molar-refractivity contribution in [2.45, 2.75) is 24.3 Å². The predicted molar refractivity (Wildman–Crippen MR) is 118 cm³/mol. The van der Waals surface area contributed by atoms with Gasteiger partial charge in [-0.05, 0) is 12.1 Å². The van der Waals surface area contributed by atoms with E-state index < -0.39 is 0 Å². The maximum absolute atomic E-state index is 12.2. The van der Waals surface area contributed by atoms with Crippen LogP contribution in [0.4, 0.5) is 0 Å². The summed E-state index contributed by atoms with van der Waals surface area (Å²) in [4.78, 5) is 19.3. The Kier molecular flexibility index (Phi) is 6.54. The molecule has 29 heavy (non-hydrogen) atoms. The molecule has 0 unspecified atom stereocenters. The van der Waals surface area contributed by atoms with E-state index in [0.717, 1.165) is 54.0 Å². The van der Waals surface area contributed by atoms with E-state index in [-0.39, 0.29) is 5.91 Å². The first-order valence-electron chi connectivity index (χ1n) is 9.96. The highest BCUT2D eigenvalue weighted by Crippen LogP contribution is 2.25. The molecule has 1 aliphatic rings. The van der Waals surface area contributed by atoms with Crippen LogP contribution in [0.1, 0.15) is 18.4 Å². The summed E-state index contributed by atoms with van der Waals surface area (Å²) in [6.07, 6.45) is 3.65. The second-order valence-corrected chi connectivity index (χ2v) is 8.26. The number of nitrogens with zero attached hydrogens (tertiary/aromatic N) is 2. The number of carbonyl (C=O) groups excluding carboxylic acids is 1. The van der Waals surface area contributed by atoms with Gasteiger partial charge in [0.2, 0.25) is 5.91 Å². The Hall–Kier alpha value is -2.70. The minimum atomic E-state index is -0.0745. The lowest BCUT2D eigenvalue weighted by molar-refractivity contribution is -0.914. The molecule has 6 heteroatoms. The van der Waals surface area contributed by atoms with Crippen molar-refractivity contribution in [1.82, 2.24) is 10.4 Å². The Bertz CT molecular complexity index is 991. The van der Waals surface area contributed by atoms with Gasteiger partial charge < -0.3 is 4.90 Å². The second kappa shape index (κ2) is 9.67. The van der Waals surface area contributed by atoms with E-state index in [1.807, 2.05) is 30.3 Å². The summed E-state index contributed by atoms with van der Waals surface area (Å²) < 4.78 is 0. The maximum Gasteiger partial charge on any atom is 0.250 e. The number of piperidine rings is 1. The zero-order valence-corrected chi connectivity index (χ0v) is 17.1. The molecule has 1 fully saturated rings. The zero-order chi connectivity index (χ0) is 19.9. The number of pyridine rings is 1. The van der Waals surface area contributed by atoms with E-state index in [0.29, 0.717) is 5.75 Å². The molecule has 0 atom stereocenters. The number of rotatable bonds is 6. The van der Waals surface area contributed by atoms with E-state index in [4.69, 9.17) is 0 Å².